The van der Waals surface area contributed by atoms with E-state index in [4.69, 9.17) is 11.6 Å². The fourth-order valence-electron chi connectivity index (χ4n) is 3.30. The molecule has 0 radical (unpaired) electrons. The van der Waals surface area contributed by atoms with Crippen LogP contribution in [0.15, 0.2) is 5.38 Å². The van der Waals surface area contributed by atoms with E-state index in [0.29, 0.717) is 23.9 Å². The van der Waals surface area contributed by atoms with Gasteiger partial charge >= 0.3 is 0 Å². The molecule has 2 fully saturated rings. The largest absolute Gasteiger partial charge is 0.337 e. The number of hydrogen-bond donors (Lipinski definition) is 0. The lowest BCUT2D eigenvalue weighted by atomic mass is 10.1. The van der Waals surface area contributed by atoms with Gasteiger partial charge < -0.3 is 4.90 Å². The molecule has 2 unspecified atom stereocenters. The molecule has 1 aromatic heterocycles. The van der Waals surface area contributed by atoms with Crippen molar-refractivity contribution in [1.82, 2.24) is 14.8 Å². The molecule has 20 heavy (non-hydrogen) atoms. The van der Waals surface area contributed by atoms with Crippen molar-refractivity contribution in [3.8, 4) is 0 Å². The smallest absolute Gasteiger partial charge is 0.222 e. The molecular formula is C14H20ClN3OS. The van der Waals surface area contributed by atoms with Gasteiger partial charge in [-0.05, 0) is 12.8 Å². The van der Waals surface area contributed by atoms with Gasteiger partial charge in [-0.3, -0.25) is 9.69 Å². The van der Waals surface area contributed by atoms with E-state index >= 15 is 0 Å². The first-order valence-corrected chi connectivity index (χ1v) is 8.68. The number of piperazine rings is 1. The zero-order chi connectivity index (χ0) is 14.1. The van der Waals surface area contributed by atoms with Crippen LogP contribution in [-0.4, -0.2) is 46.4 Å². The molecule has 3 rings (SSSR count). The lowest BCUT2D eigenvalue weighted by Crippen LogP contribution is -2.52. The minimum atomic E-state index is 0.335. The number of amides is 1. The molecule has 3 heterocycles. The Bertz CT molecular complexity index is 493. The number of rotatable bonds is 4. The Morgan fingerprint density at radius 1 is 1.55 bits per heavy atom. The second-order valence-corrected chi connectivity index (χ2v) is 6.67. The van der Waals surface area contributed by atoms with Gasteiger partial charge in [-0.2, -0.15) is 0 Å². The Labute approximate surface area is 128 Å². The van der Waals surface area contributed by atoms with Crippen molar-refractivity contribution < 1.29 is 4.79 Å². The summed E-state index contributed by atoms with van der Waals surface area (Å²) in [4.78, 5) is 21.0. The zero-order valence-electron chi connectivity index (χ0n) is 11.7. The first-order valence-electron chi connectivity index (χ1n) is 7.26. The van der Waals surface area contributed by atoms with Crippen molar-refractivity contribution >= 4 is 28.8 Å². The van der Waals surface area contributed by atoms with Gasteiger partial charge in [0.15, 0.2) is 0 Å². The average Bonchev–Trinajstić information content (AvgIpc) is 3.07. The standard InChI is InChI=1S/C14H20ClN3OS/c1-2-12(14-16-10(7-15)9-20-14)17-5-6-18-11(8-17)3-4-13(18)19/h9,11-12H,2-8H2,1H3. The Balaban J connectivity index is 1.72. The summed E-state index contributed by atoms with van der Waals surface area (Å²) in [5.41, 5.74) is 0.972. The molecule has 2 atom stereocenters. The summed E-state index contributed by atoms with van der Waals surface area (Å²) < 4.78 is 0. The van der Waals surface area contributed by atoms with Crippen LogP contribution in [0.2, 0.25) is 0 Å². The first-order chi connectivity index (χ1) is 9.72. The molecule has 110 valence electrons. The second-order valence-electron chi connectivity index (χ2n) is 5.51. The van der Waals surface area contributed by atoms with Crippen LogP contribution in [-0.2, 0) is 10.7 Å². The topological polar surface area (TPSA) is 36.4 Å². The van der Waals surface area contributed by atoms with Crippen LogP contribution in [0.1, 0.15) is 42.9 Å². The van der Waals surface area contributed by atoms with Crippen molar-refractivity contribution in [1.29, 1.82) is 0 Å². The van der Waals surface area contributed by atoms with Crippen LogP contribution in [0.5, 0.6) is 0 Å². The van der Waals surface area contributed by atoms with Gasteiger partial charge in [0, 0.05) is 37.5 Å². The van der Waals surface area contributed by atoms with E-state index in [0.717, 1.165) is 44.6 Å². The van der Waals surface area contributed by atoms with Gasteiger partial charge in [-0.25, -0.2) is 4.98 Å². The molecule has 2 aliphatic heterocycles. The summed E-state index contributed by atoms with van der Waals surface area (Å²) in [7, 11) is 0. The fraction of sp³-hybridized carbons (Fsp3) is 0.714. The number of nitrogens with zero attached hydrogens (tertiary/aromatic N) is 3. The molecule has 2 saturated heterocycles. The SMILES string of the molecule is CCC(c1nc(CCl)cs1)N1CCN2C(=O)CCC2C1. The molecule has 0 aliphatic carbocycles. The maximum atomic E-state index is 11.7. The summed E-state index contributed by atoms with van der Waals surface area (Å²) >= 11 is 7.56. The Morgan fingerprint density at radius 3 is 3.10 bits per heavy atom. The summed E-state index contributed by atoms with van der Waals surface area (Å²) in [6, 6.07) is 0.785. The number of thiazole rings is 1. The normalized spacial score (nSPS) is 25.0. The Hall–Kier alpha value is -0.650. The number of hydrogen-bond acceptors (Lipinski definition) is 4. The van der Waals surface area contributed by atoms with Gasteiger partial charge in [0.25, 0.3) is 0 Å². The van der Waals surface area contributed by atoms with E-state index in [1.807, 2.05) is 0 Å². The van der Waals surface area contributed by atoms with Crippen LogP contribution in [0, 0.1) is 0 Å². The van der Waals surface area contributed by atoms with Crippen LogP contribution < -0.4 is 0 Å². The van der Waals surface area contributed by atoms with E-state index in [-0.39, 0.29) is 0 Å². The highest BCUT2D eigenvalue weighted by Crippen LogP contribution is 2.32. The van der Waals surface area contributed by atoms with E-state index in [1.54, 1.807) is 11.3 Å². The van der Waals surface area contributed by atoms with Crippen molar-refractivity contribution in [3.63, 3.8) is 0 Å². The lowest BCUT2D eigenvalue weighted by Gasteiger charge is -2.40. The summed E-state index contributed by atoms with van der Waals surface area (Å²) in [5.74, 6) is 0.819. The summed E-state index contributed by atoms with van der Waals surface area (Å²) in [6.07, 6.45) is 2.79. The minimum absolute atomic E-state index is 0.335. The third kappa shape index (κ3) is 2.59. The predicted octanol–water partition coefficient (Wildman–Crippen LogP) is 2.64. The third-order valence-electron chi connectivity index (χ3n) is 4.34. The van der Waals surface area contributed by atoms with Gasteiger partial charge in [0.05, 0.1) is 17.6 Å². The van der Waals surface area contributed by atoms with Gasteiger partial charge in [-0.15, -0.1) is 22.9 Å². The second kappa shape index (κ2) is 6.00. The fourth-order valence-corrected chi connectivity index (χ4v) is 4.56. The third-order valence-corrected chi connectivity index (χ3v) is 5.61. The minimum Gasteiger partial charge on any atom is -0.337 e. The number of carbonyl (C=O) groups excluding carboxylic acids is 1. The van der Waals surface area contributed by atoms with Crippen LogP contribution in [0.4, 0.5) is 0 Å². The monoisotopic (exact) mass is 313 g/mol. The van der Waals surface area contributed by atoms with Crippen molar-refractivity contribution in [2.24, 2.45) is 0 Å². The quantitative estimate of drug-likeness (QED) is 0.802. The van der Waals surface area contributed by atoms with Gasteiger partial charge in [0.2, 0.25) is 5.91 Å². The van der Waals surface area contributed by atoms with Crippen LogP contribution in [0.3, 0.4) is 0 Å². The number of halogens is 1. The molecule has 1 aromatic rings. The first kappa shape index (κ1) is 14.3. The Morgan fingerprint density at radius 2 is 2.40 bits per heavy atom. The number of carbonyl (C=O) groups is 1. The molecule has 2 aliphatic rings. The molecule has 4 nitrogen and oxygen atoms in total. The highest BCUT2D eigenvalue weighted by molar-refractivity contribution is 7.09. The molecule has 1 amide bonds. The van der Waals surface area contributed by atoms with E-state index < -0.39 is 0 Å². The molecule has 0 saturated carbocycles. The lowest BCUT2D eigenvalue weighted by molar-refractivity contribution is -0.131. The number of fused-ring (bicyclic) bond motifs is 1. The molecular weight excluding hydrogens is 294 g/mol. The van der Waals surface area contributed by atoms with E-state index in [2.05, 4.69) is 27.1 Å². The van der Waals surface area contributed by atoms with Gasteiger partial charge in [-0.1, -0.05) is 6.92 Å². The van der Waals surface area contributed by atoms with E-state index in [9.17, 15) is 4.79 Å². The molecule has 6 heteroatoms. The summed E-state index contributed by atoms with van der Waals surface area (Å²) in [5, 5.41) is 3.22. The van der Waals surface area contributed by atoms with Crippen LogP contribution >= 0.6 is 22.9 Å². The van der Waals surface area contributed by atoms with Crippen molar-refractivity contribution in [3.05, 3.63) is 16.1 Å². The van der Waals surface area contributed by atoms with Crippen molar-refractivity contribution in [2.75, 3.05) is 19.6 Å². The summed E-state index contributed by atoms with van der Waals surface area (Å²) in [6.45, 7) is 5.02. The average molecular weight is 314 g/mol. The zero-order valence-corrected chi connectivity index (χ0v) is 13.3. The molecule has 0 N–H and O–H groups in total. The Kier molecular flexibility index (Phi) is 4.29. The highest BCUT2D eigenvalue weighted by atomic mass is 35.5. The maximum Gasteiger partial charge on any atom is 0.222 e. The molecule has 0 aromatic carbocycles. The highest BCUT2D eigenvalue weighted by Gasteiger charge is 2.37. The van der Waals surface area contributed by atoms with Crippen LogP contribution in [0.25, 0.3) is 0 Å². The molecule has 0 bridgehead atoms. The predicted molar refractivity (Wildman–Crippen MR) is 81.0 cm³/mol. The van der Waals surface area contributed by atoms with Crippen molar-refractivity contribution in [2.45, 2.75) is 44.1 Å². The number of aromatic nitrogens is 1. The molecule has 0 spiro atoms. The van der Waals surface area contributed by atoms with Gasteiger partial charge in [0.1, 0.15) is 5.01 Å². The maximum absolute atomic E-state index is 11.7. The van der Waals surface area contributed by atoms with E-state index in [1.165, 1.54) is 5.01 Å². The number of alkyl halides is 1.